The van der Waals surface area contributed by atoms with Gasteiger partial charge < -0.3 is 10.5 Å². The highest BCUT2D eigenvalue weighted by molar-refractivity contribution is 5.76. The predicted octanol–water partition coefficient (Wildman–Crippen LogP) is 1.08. The van der Waals surface area contributed by atoms with E-state index in [2.05, 4.69) is 11.1 Å². The van der Waals surface area contributed by atoms with Crippen molar-refractivity contribution in [2.75, 3.05) is 12.3 Å². The Hall–Kier alpha value is -2.98. The number of fused-ring (bicyclic) bond motifs is 2. The normalized spacial score (nSPS) is 17.2. The molecule has 4 heterocycles. The minimum atomic E-state index is -0.207. The van der Waals surface area contributed by atoms with Gasteiger partial charge in [0.25, 0.3) is 11.2 Å². The van der Waals surface area contributed by atoms with Crippen LogP contribution in [0.4, 0.5) is 5.82 Å². The molecule has 2 N–H and O–H groups in total. The van der Waals surface area contributed by atoms with E-state index in [0.29, 0.717) is 29.0 Å². The summed E-state index contributed by atoms with van der Waals surface area (Å²) in [4.78, 5) is 17.6. The lowest BCUT2D eigenvalue weighted by Crippen LogP contribution is -2.45. The summed E-state index contributed by atoms with van der Waals surface area (Å²) in [6.45, 7) is 3.11. The molecule has 0 spiro atoms. The van der Waals surface area contributed by atoms with E-state index in [0.717, 1.165) is 25.0 Å². The van der Waals surface area contributed by atoms with Gasteiger partial charge in [-0.1, -0.05) is 11.1 Å². The van der Waals surface area contributed by atoms with Crippen molar-refractivity contribution in [3.63, 3.8) is 0 Å². The SMILES string of the molecule is Cc1ccc2nc3c(cc(C#N)c(N)[n+]3C[C@H]3CCCO3)c(=O)n2c1. The molecule has 0 bridgehead atoms. The van der Waals surface area contributed by atoms with Crippen LogP contribution in [0.5, 0.6) is 0 Å². The first-order valence-electron chi connectivity index (χ1n) is 8.25. The zero-order chi connectivity index (χ0) is 17.6. The van der Waals surface area contributed by atoms with Crippen LogP contribution in [0.15, 0.2) is 29.2 Å². The van der Waals surface area contributed by atoms with Gasteiger partial charge in [-0.15, -0.1) is 0 Å². The molecule has 0 aromatic carbocycles. The zero-order valence-electron chi connectivity index (χ0n) is 13.9. The fraction of sp³-hybridized carbons (Fsp3) is 0.333. The number of pyridine rings is 2. The first-order valence-corrected chi connectivity index (χ1v) is 8.25. The van der Waals surface area contributed by atoms with Crippen molar-refractivity contribution in [3.8, 4) is 6.07 Å². The Balaban J connectivity index is 2.05. The maximum atomic E-state index is 12.9. The van der Waals surface area contributed by atoms with Gasteiger partial charge in [-0.05, 0) is 37.5 Å². The van der Waals surface area contributed by atoms with Crippen LogP contribution in [0.3, 0.4) is 0 Å². The van der Waals surface area contributed by atoms with Gasteiger partial charge in [0.05, 0.1) is 12.6 Å². The van der Waals surface area contributed by atoms with Crippen LogP contribution < -0.4 is 15.9 Å². The second kappa shape index (κ2) is 5.83. The Labute approximate surface area is 143 Å². The molecule has 1 aliphatic heterocycles. The van der Waals surface area contributed by atoms with E-state index in [1.165, 1.54) is 10.5 Å². The number of aromatic nitrogens is 3. The highest BCUT2D eigenvalue weighted by Crippen LogP contribution is 2.17. The number of nitrogens with zero attached hydrogens (tertiary/aromatic N) is 4. The maximum Gasteiger partial charge on any atom is 0.278 e. The van der Waals surface area contributed by atoms with Crippen LogP contribution in [0.2, 0.25) is 0 Å². The van der Waals surface area contributed by atoms with Crippen LogP contribution in [-0.4, -0.2) is 22.1 Å². The second-order valence-corrected chi connectivity index (χ2v) is 6.39. The van der Waals surface area contributed by atoms with Gasteiger partial charge in [-0.25, -0.2) is 4.57 Å². The number of aryl methyl sites for hydroxylation is 1. The molecule has 1 aliphatic rings. The molecule has 0 aliphatic carbocycles. The predicted molar refractivity (Wildman–Crippen MR) is 92.0 cm³/mol. The number of rotatable bonds is 2. The van der Waals surface area contributed by atoms with Gasteiger partial charge in [0.2, 0.25) is 11.5 Å². The van der Waals surface area contributed by atoms with E-state index in [9.17, 15) is 10.1 Å². The maximum absolute atomic E-state index is 12.9. The zero-order valence-corrected chi connectivity index (χ0v) is 13.9. The molecule has 1 saturated heterocycles. The van der Waals surface area contributed by atoms with Gasteiger partial charge in [0.15, 0.2) is 0 Å². The number of nitrogen functional groups attached to an aromatic ring is 1. The highest BCUT2D eigenvalue weighted by Gasteiger charge is 2.25. The third-order valence-electron chi connectivity index (χ3n) is 4.63. The smallest absolute Gasteiger partial charge is 0.278 e. The van der Waals surface area contributed by atoms with E-state index in [-0.39, 0.29) is 17.2 Å². The van der Waals surface area contributed by atoms with Crippen molar-refractivity contribution < 1.29 is 9.30 Å². The van der Waals surface area contributed by atoms with E-state index >= 15 is 0 Å². The molecule has 4 rings (SSSR count). The number of nitrogens with two attached hydrogens (primary N) is 1. The Bertz CT molecular complexity index is 1090. The molecule has 0 radical (unpaired) electrons. The van der Waals surface area contributed by atoms with Crippen LogP contribution in [0, 0.1) is 18.3 Å². The van der Waals surface area contributed by atoms with Gasteiger partial charge in [-0.3, -0.25) is 9.20 Å². The molecule has 25 heavy (non-hydrogen) atoms. The quantitative estimate of drug-likeness (QED) is 0.558. The van der Waals surface area contributed by atoms with Crippen molar-refractivity contribution >= 4 is 22.5 Å². The Kier molecular flexibility index (Phi) is 3.62. The molecule has 126 valence electrons. The van der Waals surface area contributed by atoms with Crippen LogP contribution in [0.25, 0.3) is 16.7 Å². The fourth-order valence-corrected chi connectivity index (χ4v) is 3.32. The summed E-state index contributed by atoms with van der Waals surface area (Å²) in [6.07, 6.45) is 3.69. The molecule has 0 unspecified atom stereocenters. The summed E-state index contributed by atoms with van der Waals surface area (Å²) in [5.74, 6) is 0.314. The van der Waals surface area contributed by atoms with Crippen LogP contribution >= 0.6 is 0 Å². The molecular formula is C18H18N5O2+. The molecule has 1 atom stereocenters. The number of nitriles is 1. The average Bonchev–Trinajstić information content (AvgIpc) is 3.11. The summed E-state index contributed by atoms with van der Waals surface area (Å²) in [6, 6.07) is 7.32. The summed E-state index contributed by atoms with van der Waals surface area (Å²) < 4.78 is 8.94. The van der Waals surface area contributed by atoms with Crippen molar-refractivity contribution in [3.05, 3.63) is 45.9 Å². The molecule has 7 heteroatoms. The molecular weight excluding hydrogens is 318 g/mol. The summed E-state index contributed by atoms with van der Waals surface area (Å²) >= 11 is 0. The lowest BCUT2D eigenvalue weighted by Gasteiger charge is -2.13. The summed E-state index contributed by atoms with van der Waals surface area (Å²) in [7, 11) is 0. The number of hydrogen-bond acceptors (Lipinski definition) is 5. The Morgan fingerprint density at radius 2 is 2.36 bits per heavy atom. The van der Waals surface area contributed by atoms with Crippen molar-refractivity contribution in [2.45, 2.75) is 32.4 Å². The minimum Gasteiger partial charge on any atom is -0.375 e. The monoisotopic (exact) mass is 336 g/mol. The molecule has 0 amide bonds. The second-order valence-electron chi connectivity index (χ2n) is 6.39. The molecule has 3 aromatic rings. The standard InChI is InChI=1S/C18H17N5O2/c1-11-4-5-15-21-17-14(18(24)22(15)9-11)7-12(8-19)16(20)23(17)10-13-3-2-6-25-13/h4-5,7,9,13,20H,2-3,6,10H2,1H3/p+1/t13-/m1/s1. The van der Waals surface area contributed by atoms with Gasteiger partial charge in [0.1, 0.15) is 17.0 Å². The Morgan fingerprint density at radius 3 is 3.08 bits per heavy atom. The molecule has 0 saturated carbocycles. The summed E-state index contributed by atoms with van der Waals surface area (Å²) in [5.41, 5.74) is 8.25. The van der Waals surface area contributed by atoms with Crippen molar-refractivity contribution in [1.82, 2.24) is 9.38 Å². The van der Waals surface area contributed by atoms with E-state index in [1.807, 2.05) is 13.0 Å². The lowest BCUT2D eigenvalue weighted by atomic mass is 10.2. The van der Waals surface area contributed by atoms with Crippen LogP contribution in [0.1, 0.15) is 24.0 Å². The first-order chi connectivity index (χ1) is 12.1. The average molecular weight is 336 g/mol. The topological polar surface area (TPSA) is 97.3 Å². The molecule has 7 nitrogen and oxygen atoms in total. The number of anilines is 1. The van der Waals surface area contributed by atoms with Crippen molar-refractivity contribution in [2.24, 2.45) is 0 Å². The van der Waals surface area contributed by atoms with Gasteiger partial charge >= 0.3 is 0 Å². The largest absolute Gasteiger partial charge is 0.375 e. The number of ether oxygens (including phenoxy) is 1. The molecule has 3 aromatic heterocycles. The van der Waals surface area contributed by atoms with E-state index in [4.69, 9.17) is 10.5 Å². The third kappa shape index (κ3) is 2.51. The molecule has 1 fully saturated rings. The fourth-order valence-electron chi connectivity index (χ4n) is 3.32. The van der Waals surface area contributed by atoms with Crippen LogP contribution in [-0.2, 0) is 11.3 Å². The van der Waals surface area contributed by atoms with Crippen molar-refractivity contribution in [1.29, 1.82) is 5.26 Å². The van der Waals surface area contributed by atoms with Gasteiger partial charge in [0, 0.05) is 12.8 Å². The van der Waals surface area contributed by atoms with E-state index in [1.54, 1.807) is 16.8 Å². The van der Waals surface area contributed by atoms with Gasteiger partial charge in [-0.2, -0.15) is 5.26 Å². The number of hydrogen-bond donors (Lipinski definition) is 1. The minimum absolute atomic E-state index is 0.0164. The first kappa shape index (κ1) is 15.5. The summed E-state index contributed by atoms with van der Waals surface area (Å²) in [5, 5.41) is 9.79. The lowest BCUT2D eigenvalue weighted by molar-refractivity contribution is -0.666. The third-order valence-corrected chi connectivity index (χ3v) is 4.63. The van der Waals surface area contributed by atoms with E-state index < -0.39 is 0 Å². The highest BCUT2D eigenvalue weighted by atomic mass is 16.5. The Morgan fingerprint density at radius 1 is 1.52 bits per heavy atom.